The summed E-state index contributed by atoms with van der Waals surface area (Å²) in [6.07, 6.45) is 1.94. The number of aromatic nitrogens is 1. The van der Waals surface area contributed by atoms with Crippen molar-refractivity contribution in [3.63, 3.8) is 0 Å². The Labute approximate surface area is 136 Å². The van der Waals surface area contributed by atoms with Gasteiger partial charge in [0.05, 0.1) is 14.2 Å². The Morgan fingerprint density at radius 2 is 1.43 bits per heavy atom. The molecule has 3 rings (SSSR count). The maximum Gasteiger partial charge on any atom is 0.161 e. The van der Waals surface area contributed by atoms with E-state index in [4.69, 9.17) is 9.47 Å². The van der Waals surface area contributed by atoms with E-state index in [2.05, 4.69) is 37.0 Å². The number of ether oxygens (including phenoxy) is 2. The van der Waals surface area contributed by atoms with Gasteiger partial charge in [-0.25, -0.2) is 0 Å². The lowest BCUT2D eigenvalue weighted by atomic mass is 9.96. The molecule has 0 saturated heterocycles. The molecule has 0 saturated carbocycles. The fraction of sp³-hybridized carbons (Fsp3) is 0.250. The number of nitrogens with zero attached hydrogens (tertiary/aromatic N) is 1. The van der Waals surface area contributed by atoms with Crippen LogP contribution in [0, 0.1) is 20.8 Å². The van der Waals surface area contributed by atoms with E-state index >= 15 is 0 Å². The Kier molecular flexibility index (Phi) is 3.95. The summed E-state index contributed by atoms with van der Waals surface area (Å²) in [6, 6.07) is 10.5. The topological polar surface area (TPSA) is 31.4 Å². The third-order valence-electron chi connectivity index (χ3n) is 4.41. The molecule has 0 bridgehead atoms. The maximum atomic E-state index is 5.47. The molecule has 0 unspecified atom stereocenters. The van der Waals surface area contributed by atoms with E-state index in [1.165, 1.54) is 11.1 Å². The predicted molar refractivity (Wildman–Crippen MR) is 94.5 cm³/mol. The minimum atomic E-state index is 0.724. The first-order chi connectivity index (χ1) is 11.0. The van der Waals surface area contributed by atoms with Crippen LogP contribution in [0.3, 0.4) is 0 Å². The molecule has 118 valence electrons. The average molecular weight is 307 g/mol. The molecule has 23 heavy (non-hydrogen) atoms. The van der Waals surface area contributed by atoms with Gasteiger partial charge in [-0.1, -0.05) is 18.2 Å². The van der Waals surface area contributed by atoms with Crippen molar-refractivity contribution in [2.75, 3.05) is 14.2 Å². The number of aryl methyl sites for hydroxylation is 3. The second-order valence-corrected chi connectivity index (χ2v) is 5.81. The molecular formula is C20H21NO2. The van der Waals surface area contributed by atoms with Crippen LogP contribution in [0.5, 0.6) is 11.5 Å². The van der Waals surface area contributed by atoms with Crippen molar-refractivity contribution in [3.8, 4) is 22.6 Å². The Balaban J connectivity index is 2.33. The summed E-state index contributed by atoms with van der Waals surface area (Å²) in [5.41, 5.74) is 5.81. The SMILES string of the molecule is COc1cc2c(-c3ccc(C)c(C)c3)cnc(C)c2cc1OC. The Morgan fingerprint density at radius 1 is 0.783 bits per heavy atom. The van der Waals surface area contributed by atoms with Gasteiger partial charge in [-0.05, 0) is 55.0 Å². The standard InChI is InChI=1S/C20H21NO2/c1-12-6-7-15(8-13(12)2)18-11-21-14(3)16-9-19(22-4)20(23-5)10-17(16)18/h6-11H,1-5H3. The lowest BCUT2D eigenvalue weighted by Crippen LogP contribution is -1.94. The molecule has 0 atom stereocenters. The van der Waals surface area contributed by atoms with Gasteiger partial charge in [-0.2, -0.15) is 0 Å². The molecule has 0 fully saturated rings. The number of benzene rings is 2. The summed E-state index contributed by atoms with van der Waals surface area (Å²) in [7, 11) is 3.31. The number of fused-ring (bicyclic) bond motifs is 1. The Bertz CT molecular complexity index is 884. The molecule has 3 heteroatoms. The van der Waals surface area contributed by atoms with Crippen LogP contribution in [0.1, 0.15) is 16.8 Å². The fourth-order valence-electron chi connectivity index (χ4n) is 2.84. The molecule has 1 aromatic heterocycles. The second kappa shape index (κ2) is 5.92. The van der Waals surface area contributed by atoms with E-state index in [9.17, 15) is 0 Å². The molecule has 0 aliphatic rings. The zero-order valence-electron chi connectivity index (χ0n) is 14.2. The van der Waals surface area contributed by atoms with E-state index < -0.39 is 0 Å². The van der Waals surface area contributed by atoms with Crippen LogP contribution in [0.2, 0.25) is 0 Å². The molecule has 0 N–H and O–H groups in total. The Morgan fingerprint density at radius 3 is 2.04 bits per heavy atom. The number of rotatable bonds is 3. The van der Waals surface area contributed by atoms with Gasteiger partial charge >= 0.3 is 0 Å². The van der Waals surface area contributed by atoms with Crippen LogP contribution in [0.15, 0.2) is 36.5 Å². The highest BCUT2D eigenvalue weighted by Gasteiger charge is 2.13. The number of hydrogen-bond donors (Lipinski definition) is 0. The van der Waals surface area contributed by atoms with E-state index in [0.29, 0.717) is 0 Å². The van der Waals surface area contributed by atoms with Crippen molar-refractivity contribution in [2.45, 2.75) is 20.8 Å². The van der Waals surface area contributed by atoms with Crippen LogP contribution in [0.25, 0.3) is 21.9 Å². The summed E-state index contributed by atoms with van der Waals surface area (Å²) in [6.45, 7) is 6.27. The molecule has 2 aromatic carbocycles. The van der Waals surface area contributed by atoms with Crippen LogP contribution in [-0.2, 0) is 0 Å². The summed E-state index contributed by atoms with van der Waals surface area (Å²) in [4.78, 5) is 4.57. The van der Waals surface area contributed by atoms with Crippen LogP contribution >= 0.6 is 0 Å². The molecule has 0 spiro atoms. The number of hydrogen-bond acceptors (Lipinski definition) is 3. The van der Waals surface area contributed by atoms with Crippen molar-refractivity contribution in [1.29, 1.82) is 0 Å². The van der Waals surface area contributed by atoms with Gasteiger partial charge in [0.1, 0.15) is 0 Å². The number of methoxy groups -OCH3 is 2. The van der Waals surface area contributed by atoms with Gasteiger partial charge in [0.25, 0.3) is 0 Å². The fourth-order valence-corrected chi connectivity index (χ4v) is 2.84. The van der Waals surface area contributed by atoms with E-state index in [-0.39, 0.29) is 0 Å². The van der Waals surface area contributed by atoms with Crippen molar-refractivity contribution in [1.82, 2.24) is 4.98 Å². The summed E-state index contributed by atoms with van der Waals surface area (Å²) in [5.74, 6) is 1.46. The first-order valence-corrected chi connectivity index (χ1v) is 7.64. The first-order valence-electron chi connectivity index (χ1n) is 7.64. The van der Waals surface area contributed by atoms with Gasteiger partial charge in [0, 0.05) is 22.8 Å². The van der Waals surface area contributed by atoms with E-state index in [1.807, 2.05) is 25.3 Å². The monoisotopic (exact) mass is 307 g/mol. The molecular weight excluding hydrogens is 286 g/mol. The second-order valence-electron chi connectivity index (χ2n) is 5.81. The molecule has 1 heterocycles. The molecule has 0 amide bonds. The van der Waals surface area contributed by atoms with Crippen molar-refractivity contribution in [3.05, 3.63) is 53.3 Å². The van der Waals surface area contributed by atoms with Gasteiger partial charge in [-0.15, -0.1) is 0 Å². The molecule has 0 radical (unpaired) electrons. The van der Waals surface area contributed by atoms with E-state index in [1.54, 1.807) is 14.2 Å². The third kappa shape index (κ3) is 2.63. The Hall–Kier alpha value is -2.55. The molecule has 3 nitrogen and oxygen atoms in total. The summed E-state index contributed by atoms with van der Waals surface area (Å²) in [5, 5.41) is 2.21. The highest BCUT2D eigenvalue weighted by molar-refractivity contribution is 5.99. The van der Waals surface area contributed by atoms with Gasteiger partial charge in [0.2, 0.25) is 0 Å². The normalized spacial score (nSPS) is 10.8. The minimum absolute atomic E-state index is 0.724. The summed E-state index contributed by atoms with van der Waals surface area (Å²) < 4.78 is 10.9. The molecule has 0 aliphatic carbocycles. The molecule has 0 aliphatic heterocycles. The highest BCUT2D eigenvalue weighted by Crippen LogP contribution is 2.38. The highest BCUT2D eigenvalue weighted by atomic mass is 16.5. The van der Waals surface area contributed by atoms with Gasteiger partial charge < -0.3 is 9.47 Å². The molecule has 3 aromatic rings. The largest absolute Gasteiger partial charge is 0.493 e. The quantitative estimate of drug-likeness (QED) is 0.693. The van der Waals surface area contributed by atoms with Crippen LogP contribution in [0.4, 0.5) is 0 Å². The predicted octanol–water partition coefficient (Wildman–Crippen LogP) is 4.84. The summed E-state index contributed by atoms with van der Waals surface area (Å²) >= 11 is 0. The average Bonchev–Trinajstić information content (AvgIpc) is 2.57. The van der Waals surface area contributed by atoms with E-state index in [0.717, 1.165) is 39.1 Å². The lowest BCUT2D eigenvalue weighted by molar-refractivity contribution is 0.356. The zero-order chi connectivity index (χ0) is 16.6. The van der Waals surface area contributed by atoms with Crippen LogP contribution in [-0.4, -0.2) is 19.2 Å². The smallest absolute Gasteiger partial charge is 0.161 e. The van der Waals surface area contributed by atoms with Crippen molar-refractivity contribution >= 4 is 10.8 Å². The van der Waals surface area contributed by atoms with Gasteiger partial charge in [0.15, 0.2) is 11.5 Å². The van der Waals surface area contributed by atoms with Crippen molar-refractivity contribution in [2.24, 2.45) is 0 Å². The van der Waals surface area contributed by atoms with Crippen molar-refractivity contribution < 1.29 is 9.47 Å². The zero-order valence-corrected chi connectivity index (χ0v) is 14.2. The minimum Gasteiger partial charge on any atom is -0.493 e. The first kappa shape index (κ1) is 15.3. The van der Waals surface area contributed by atoms with Gasteiger partial charge in [-0.3, -0.25) is 4.98 Å². The lowest BCUT2D eigenvalue weighted by Gasteiger charge is -2.14. The maximum absolute atomic E-state index is 5.47. The van der Waals surface area contributed by atoms with Crippen LogP contribution < -0.4 is 9.47 Å². The third-order valence-corrected chi connectivity index (χ3v) is 4.41. The number of pyridine rings is 1.